The van der Waals surface area contributed by atoms with Gasteiger partial charge < -0.3 is 19.5 Å². The van der Waals surface area contributed by atoms with Gasteiger partial charge in [0.15, 0.2) is 11.4 Å². The fraction of sp³-hybridized carbons (Fsp3) is 0.481. The van der Waals surface area contributed by atoms with Crippen LogP contribution < -0.4 is 14.8 Å². The van der Waals surface area contributed by atoms with E-state index in [4.69, 9.17) is 14.2 Å². The Morgan fingerprint density at radius 2 is 1.69 bits per heavy atom. The molecule has 0 aliphatic heterocycles. The third-order valence-corrected chi connectivity index (χ3v) is 5.68. The number of carbonyl (C=O) groups is 3. The third-order valence-electron chi connectivity index (χ3n) is 5.68. The van der Waals surface area contributed by atoms with Crippen molar-refractivity contribution in [1.82, 2.24) is 10.3 Å². The van der Waals surface area contributed by atoms with Crippen LogP contribution >= 0.6 is 0 Å². The normalized spacial score (nSPS) is 13.5. The van der Waals surface area contributed by atoms with E-state index in [9.17, 15) is 14.4 Å². The zero-order chi connectivity index (χ0) is 26.3. The molecular formula is C27H36N2O6. The second kappa shape index (κ2) is 12.3. The van der Waals surface area contributed by atoms with Gasteiger partial charge in [-0.05, 0) is 45.7 Å². The predicted molar refractivity (Wildman–Crippen MR) is 133 cm³/mol. The van der Waals surface area contributed by atoms with Gasteiger partial charge in [0.2, 0.25) is 5.75 Å². The summed E-state index contributed by atoms with van der Waals surface area (Å²) in [7, 11) is 0. The van der Waals surface area contributed by atoms with Gasteiger partial charge in [0, 0.05) is 18.2 Å². The molecule has 0 spiro atoms. The molecule has 0 radical (unpaired) electrons. The lowest BCUT2D eigenvalue weighted by Gasteiger charge is -2.24. The summed E-state index contributed by atoms with van der Waals surface area (Å²) >= 11 is 0. The zero-order valence-corrected chi connectivity index (χ0v) is 21.8. The van der Waals surface area contributed by atoms with E-state index in [2.05, 4.69) is 16.4 Å². The average molecular weight is 485 g/mol. The number of hydrogen-bond donors (Lipinski definition) is 1. The Hall–Kier alpha value is -3.42. The summed E-state index contributed by atoms with van der Waals surface area (Å²) in [5.41, 5.74) is 3.24. The number of aryl methyl sites for hydroxylation is 2. The van der Waals surface area contributed by atoms with Crippen molar-refractivity contribution >= 4 is 17.8 Å². The second-order valence-corrected chi connectivity index (χ2v) is 8.98. The summed E-state index contributed by atoms with van der Waals surface area (Å²) in [6, 6.07) is 6.72. The van der Waals surface area contributed by atoms with Crippen molar-refractivity contribution < 1.29 is 28.6 Å². The molecule has 3 unspecified atom stereocenters. The molecular weight excluding hydrogens is 448 g/mol. The Balaban J connectivity index is 2.14. The summed E-state index contributed by atoms with van der Waals surface area (Å²) in [6.45, 7) is 14.8. The van der Waals surface area contributed by atoms with Crippen LogP contribution in [0.1, 0.15) is 74.6 Å². The highest BCUT2D eigenvalue weighted by Crippen LogP contribution is 2.31. The van der Waals surface area contributed by atoms with E-state index in [0.29, 0.717) is 6.61 Å². The highest BCUT2D eigenvalue weighted by molar-refractivity contribution is 5.98. The lowest BCUT2D eigenvalue weighted by molar-refractivity contribution is -0.151. The first-order chi connectivity index (χ1) is 16.5. The predicted octanol–water partition coefficient (Wildman–Crippen LogP) is 4.51. The van der Waals surface area contributed by atoms with E-state index in [1.54, 1.807) is 20.8 Å². The molecule has 0 saturated carbocycles. The summed E-state index contributed by atoms with van der Waals surface area (Å²) in [5, 5.41) is 2.59. The summed E-state index contributed by atoms with van der Waals surface area (Å²) in [5.74, 6) is -2.11. The second-order valence-electron chi connectivity index (χ2n) is 8.98. The number of nitrogens with one attached hydrogen (secondary N) is 1. The number of carbonyl (C=O) groups excluding carboxylic acids is 3. The van der Waals surface area contributed by atoms with Crippen molar-refractivity contribution in [2.75, 3.05) is 6.61 Å². The molecule has 0 fully saturated rings. The molecule has 0 bridgehead atoms. The monoisotopic (exact) mass is 484 g/mol. The van der Waals surface area contributed by atoms with Gasteiger partial charge in [-0.2, -0.15) is 0 Å². The molecule has 0 aliphatic rings. The quantitative estimate of drug-likeness (QED) is 0.495. The maximum atomic E-state index is 13.0. The lowest BCUT2D eigenvalue weighted by Crippen LogP contribution is -2.41. The smallest absolute Gasteiger partial charge is 0.328 e. The molecule has 8 nitrogen and oxygen atoms in total. The molecule has 190 valence electrons. The molecule has 1 aromatic carbocycles. The number of ether oxygens (including phenoxy) is 3. The van der Waals surface area contributed by atoms with E-state index >= 15 is 0 Å². The van der Waals surface area contributed by atoms with Gasteiger partial charge in [-0.15, -0.1) is 0 Å². The molecule has 1 aromatic heterocycles. The minimum absolute atomic E-state index is 0.0333. The Kier molecular flexibility index (Phi) is 9.80. The van der Waals surface area contributed by atoms with Crippen LogP contribution in [0.2, 0.25) is 0 Å². The molecule has 1 N–H and O–H groups in total. The van der Waals surface area contributed by atoms with Crippen molar-refractivity contribution in [2.45, 2.75) is 73.5 Å². The Morgan fingerprint density at radius 3 is 2.29 bits per heavy atom. The van der Waals surface area contributed by atoms with Crippen molar-refractivity contribution in [2.24, 2.45) is 5.92 Å². The van der Waals surface area contributed by atoms with Crippen molar-refractivity contribution in [3.63, 3.8) is 0 Å². The number of esters is 2. The van der Waals surface area contributed by atoms with E-state index < -0.39 is 35.9 Å². The first-order valence-electron chi connectivity index (χ1n) is 11.9. The highest BCUT2D eigenvalue weighted by Gasteiger charge is 2.28. The summed E-state index contributed by atoms with van der Waals surface area (Å²) in [6.07, 6.45) is 0.966. The first kappa shape index (κ1) is 27.8. The van der Waals surface area contributed by atoms with Crippen LogP contribution in [0, 0.1) is 19.8 Å². The van der Waals surface area contributed by atoms with Gasteiger partial charge in [-0.3, -0.25) is 9.59 Å². The molecule has 8 heteroatoms. The van der Waals surface area contributed by atoms with Gasteiger partial charge in [-0.25, -0.2) is 9.78 Å². The number of hydrogen-bond acceptors (Lipinski definition) is 7. The number of nitrogens with zero attached hydrogens (tertiary/aromatic N) is 1. The van der Waals surface area contributed by atoms with Crippen LogP contribution in [-0.4, -0.2) is 41.6 Å². The number of rotatable bonds is 10. The topological polar surface area (TPSA) is 104 Å². The molecule has 0 saturated heterocycles. The molecule has 2 rings (SSSR count). The zero-order valence-electron chi connectivity index (χ0n) is 21.8. The van der Waals surface area contributed by atoms with Crippen LogP contribution in [0.25, 0.3) is 0 Å². The minimum atomic E-state index is -0.956. The molecule has 1 amide bonds. The largest absolute Gasteiger partial charge is 0.490 e. The van der Waals surface area contributed by atoms with Crippen LogP contribution in [0.3, 0.4) is 0 Å². The van der Waals surface area contributed by atoms with Gasteiger partial charge in [-0.1, -0.05) is 44.5 Å². The van der Waals surface area contributed by atoms with Gasteiger partial charge in [0.25, 0.3) is 5.91 Å². The maximum Gasteiger partial charge on any atom is 0.328 e. The Bertz CT molecular complexity index is 1070. The fourth-order valence-electron chi connectivity index (χ4n) is 3.48. The third kappa shape index (κ3) is 7.28. The standard InChI is InChI=1S/C27H36N2O6/c1-9-33-22-12-13-28-23(24(22)35-26(31)15(2)3)25(30)29-19(7)27(32)34-20(8)18(6)21-11-10-16(4)14-17(21)5/h10-15,18-20H,9H2,1-8H3,(H,29,30). The van der Waals surface area contributed by atoms with E-state index in [1.165, 1.54) is 24.8 Å². The van der Waals surface area contributed by atoms with Gasteiger partial charge in [0.1, 0.15) is 12.1 Å². The number of benzene rings is 1. The lowest BCUT2D eigenvalue weighted by atomic mass is 9.91. The van der Waals surface area contributed by atoms with Crippen LogP contribution in [-0.2, 0) is 14.3 Å². The molecule has 2 aromatic rings. The van der Waals surface area contributed by atoms with Crippen LogP contribution in [0.5, 0.6) is 11.5 Å². The Morgan fingerprint density at radius 1 is 1.00 bits per heavy atom. The van der Waals surface area contributed by atoms with E-state index in [-0.39, 0.29) is 23.1 Å². The van der Waals surface area contributed by atoms with Crippen LogP contribution in [0.15, 0.2) is 30.5 Å². The van der Waals surface area contributed by atoms with Crippen LogP contribution in [0.4, 0.5) is 0 Å². The van der Waals surface area contributed by atoms with Crippen molar-refractivity contribution in [3.8, 4) is 11.5 Å². The number of aromatic nitrogens is 1. The molecule has 35 heavy (non-hydrogen) atoms. The van der Waals surface area contributed by atoms with Gasteiger partial charge >= 0.3 is 11.9 Å². The van der Waals surface area contributed by atoms with E-state index in [0.717, 1.165) is 11.1 Å². The molecule has 3 atom stereocenters. The molecule has 1 heterocycles. The fourth-order valence-corrected chi connectivity index (χ4v) is 3.48. The summed E-state index contributed by atoms with van der Waals surface area (Å²) < 4.78 is 16.6. The molecule has 0 aliphatic carbocycles. The van der Waals surface area contributed by atoms with Crippen molar-refractivity contribution in [1.29, 1.82) is 0 Å². The van der Waals surface area contributed by atoms with Gasteiger partial charge in [0.05, 0.1) is 12.5 Å². The number of pyridine rings is 1. The Labute approximate surface area is 207 Å². The van der Waals surface area contributed by atoms with E-state index in [1.807, 2.05) is 39.8 Å². The number of amides is 1. The highest BCUT2D eigenvalue weighted by atomic mass is 16.6. The maximum absolute atomic E-state index is 13.0. The first-order valence-corrected chi connectivity index (χ1v) is 11.9. The average Bonchev–Trinajstić information content (AvgIpc) is 2.79. The summed E-state index contributed by atoms with van der Waals surface area (Å²) in [4.78, 5) is 42.0. The van der Waals surface area contributed by atoms with Crippen molar-refractivity contribution in [3.05, 3.63) is 52.8 Å². The minimum Gasteiger partial charge on any atom is -0.490 e. The SMILES string of the molecule is CCOc1ccnc(C(=O)NC(C)C(=O)OC(C)C(C)c2ccc(C)cc2C)c1OC(=O)C(C)C.